The van der Waals surface area contributed by atoms with Gasteiger partial charge in [0.05, 0.1) is 13.7 Å². The van der Waals surface area contributed by atoms with E-state index in [-0.39, 0.29) is 5.97 Å². The summed E-state index contributed by atoms with van der Waals surface area (Å²) < 4.78 is 10.9. The Hall–Kier alpha value is -1.39. The lowest BCUT2D eigenvalue weighted by Gasteiger charge is -2.32. The maximum atomic E-state index is 12.5. The maximum absolute atomic E-state index is 12.5. The average molecular weight is 291 g/mol. The van der Waals surface area contributed by atoms with E-state index in [1.165, 1.54) is 7.11 Å². The summed E-state index contributed by atoms with van der Waals surface area (Å²) in [6.07, 6.45) is 4.27. The van der Waals surface area contributed by atoms with Crippen LogP contribution in [0.2, 0.25) is 0 Å². The number of carbonyl (C=O) groups is 1. The first kappa shape index (κ1) is 16.0. The van der Waals surface area contributed by atoms with Crippen molar-refractivity contribution in [3.05, 3.63) is 35.9 Å². The highest BCUT2D eigenvalue weighted by Gasteiger charge is 2.45. The van der Waals surface area contributed by atoms with Crippen molar-refractivity contribution in [2.45, 2.75) is 44.2 Å². The fourth-order valence-corrected chi connectivity index (χ4v) is 2.39. The standard InChI is InChI=1S/C17H25NO3/c1-3-4-12-21-13-17(16(19)20-2,18-15-10-11-15)14-8-6-5-7-9-14/h5-9,15,18H,3-4,10-13H2,1-2H3. The first-order valence-corrected chi connectivity index (χ1v) is 7.72. The van der Waals surface area contributed by atoms with E-state index >= 15 is 0 Å². The van der Waals surface area contributed by atoms with Crippen LogP contribution in [0.4, 0.5) is 0 Å². The maximum Gasteiger partial charge on any atom is 0.333 e. The number of esters is 1. The van der Waals surface area contributed by atoms with Crippen LogP contribution in [0.1, 0.15) is 38.2 Å². The Labute approximate surface area is 126 Å². The fourth-order valence-electron chi connectivity index (χ4n) is 2.39. The van der Waals surface area contributed by atoms with Gasteiger partial charge in [-0.15, -0.1) is 0 Å². The van der Waals surface area contributed by atoms with Gasteiger partial charge in [0.25, 0.3) is 0 Å². The summed E-state index contributed by atoms with van der Waals surface area (Å²) in [5.41, 5.74) is 0.00511. The summed E-state index contributed by atoms with van der Waals surface area (Å²) in [6.45, 7) is 3.09. The van der Waals surface area contributed by atoms with Gasteiger partial charge in [0.1, 0.15) is 0 Å². The zero-order valence-electron chi connectivity index (χ0n) is 12.9. The Morgan fingerprint density at radius 2 is 2.05 bits per heavy atom. The molecule has 1 fully saturated rings. The van der Waals surface area contributed by atoms with E-state index in [1.807, 2.05) is 30.3 Å². The summed E-state index contributed by atoms with van der Waals surface area (Å²) in [6, 6.07) is 10.1. The Kier molecular flexibility index (Phi) is 5.76. The van der Waals surface area contributed by atoms with Crippen molar-refractivity contribution in [3.63, 3.8) is 0 Å². The lowest BCUT2D eigenvalue weighted by Crippen LogP contribution is -2.54. The molecule has 1 atom stereocenters. The number of benzene rings is 1. The molecule has 0 spiro atoms. The van der Waals surface area contributed by atoms with Gasteiger partial charge in [-0.3, -0.25) is 5.32 Å². The van der Waals surface area contributed by atoms with E-state index in [9.17, 15) is 4.79 Å². The first-order chi connectivity index (χ1) is 10.2. The van der Waals surface area contributed by atoms with Gasteiger partial charge in [-0.25, -0.2) is 4.79 Å². The summed E-state index contributed by atoms with van der Waals surface area (Å²) in [5.74, 6) is -0.280. The number of ether oxygens (including phenoxy) is 2. The van der Waals surface area contributed by atoms with Crippen molar-refractivity contribution in [2.24, 2.45) is 0 Å². The number of nitrogens with one attached hydrogen (secondary N) is 1. The van der Waals surface area contributed by atoms with Gasteiger partial charge >= 0.3 is 5.97 Å². The minimum absolute atomic E-state index is 0.280. The number of hydrogen-bond donors (Lipinski definition) is 1. The molecule has 4 heteroatoms. The number of rotatable bonds is 9. The molecule has 1 saturated carbocycles. The smallest absolute Gasteiger partial charge is 0.333 e. The molecule has 1 aromatic rings. The van der Waals surface area contributed by atoms with Crippen LogP contribution < -0.4 is 5.32 Å². The molecule has 0 amide bonds. The third-order valence-electron chi connectivity index (χ3n) is 3.79. The molecule has 1 aliphatic rings. The average Bonchev–Trinajstić information content (AvgIpc) is 3.34. The Morgan fingerprint density at radius 1 is 1.33 bits per heavy atom. The molecule has 1 aromatic carbocycles. The zero-order valence-corrected chi connectivity index (χ0v) is 12.9. The van der Waals surface area contributed by atoms with Crippen LogP contribution in [0.5, 0.6) is 0 Å². The highest BCUT2D eigenvalue weighted by Crippen LogP contribution is 2.30. The van der Waals surface area contributed by atoms with Crippen LogP contribution in [-0.2, 0) is 19.8 Å². The number of carbonyl (C=O) groups excluding carboxylic acids is 1. The van der Waals surface area contributed by atoms with Crippen LogP contribution >= 0.6 is 0 Å². The second-order valence-corrected chi connectivity index (χ2v) is 5.59. The van der Waals surface area contributed by atoms with Gasteiger partial charge in [-0.2, -0.15) is 0 Å². The summed E-state index contributed by atoms with van der Waals surface area (Å²) in [7, 11) is 1.43. The van der Waals surface area contributed by atoms with E-state index < -0.39 is 5.54 Å². The predicted octanol–water partition coefficient (Wildman–Crippen LogP) is 2.62. The Balaban J connectivity index is 2.22. The third kappa shape index (κ3) is 4.05. The van der Waals surface area contributed by atoms with Crippen LogP contribution in [0.25, 0.3) is 0 Å². The number of hydrogen-bond acceptors (Lipinski definition) is 4. The van der Waals surface area contributed by atoms with Gasteiger partial charge in [0.2, 0.25) is 0 Å². The minimum Gasteiger partial charge on any atom is -0.467 e. The predicted molar refractivity (Wildman–Crippen MR) is 82.0 cm³/mol. The lowest BCUT2D eigenvalue weighted by molar-refractivity contribution is -0.152. The summed E-state index contributed by atoms with van der Waals surface area (Å²) >= 11 is 0. The van der Waals surface area contributed by atoms with Gasteiger partial charge in [-0.05, 0) is 24.8 Å². The second-order valence-electron chi connectivity index (χ2n) is 5.59. The Morgan fingerprint density at radius 3 is 2.62 bits per heavy atom. The monoisotopic (exact) mass is 291 g/mol. The molecule has 1 aliphatic carbocycles. The molecule has 21 heavy (non-hydrogen) atoms. The van der Waals surface area contributed by atoms with Crippen molar-refractivity contribution in [1.29, 1.82) is 0 Å². The SMILES string of the molecule is CCCCOCC(NC1CC1)(C(=O)OC)c1ccccc1. The topological polar surface area (TPSA) is 47.6 Å². The lowest BCUT2D eigenvalue weighted by atomic mass is 9.90. The number of unbranched alkanes of at least 4 members (excludes halogenated alkanes) is 1. The molecule has 116 valence electrons. The molecule has 1 N–H and O–H groups in total. The van der Waals surface area contributed by atoms with Crippen molar-refractivity contribution in [2.75, 3.05) is 20.3 Å². The van der Waals surface area contributed by atoms with Gasteiger partial charge < -0.3 is 9.47 Å². The molecule has 0 bridgehead atoms. The van der Waals surface area contributed by atoms with Crippen LogP contribution in [0.15, 0.2) is 30.3 Å². The van der Waals surface area contributed by atoms with E-state index in [0.717, 1.165) is 31.2 Å². The molecule has 4 nitrogen and oxygen atoms in total. The fraction of sp³-hybridized carbons (Fsp3) is 0.588. The molecule has 0 saturated heterocycles. The Bertz CT molecular complexity index is 445. The van der Waals surface area contributed by atoms with Crippen molar-refractivity contribution in [1.82, 2.24) is 5.32 Å². The molecule has 1 unspecified atom stereocenters. The molecule has 0 aromatic heterocycles. The highest BCUT2D eigenvalue weighted by atomic mass is 16.5. The molecular weight excluding hydrogens is 266 g/mol. The molecule has 0 heterocycles. The van der Waals surface area contributed by atoms with Crippen molar-refractivity contribution in [3.8, 4) is 0 Å². The highest BCUT2D eigenvalue weighted by molar-refractivity contribution is 5.83. The van der Waals surface area contributed by atoms with E-state index in [0.29, 0.717) is 19.3 Å². The number of methoxy groups -OCH3 is 1. The largest absolute Gasteiger partial charge is 0.467 e. The zero-order chi connectivity index (χ0) is 15.1. The van der Waals surface area contributed by atoms with Gasteiger partial charge in [0.15, 0.2) is 5.54 Å². The normalized spacial score (nSPS) is 17.2. The summed E-state index contributed by atoms with van der Waals surface area (Å²) in [4.78, 5) is 12.5. The first-order valence-electron chi connectivity index (χ1n) is 7.72. The van der Waals surface area contributed by atoms with Crippen molar-refractivity contribution >= 4 is 5.97 Å². The molecule has 0 aliphatic heterocycles. The minimum atomic E-state index is -0.898. The van der Waals surface area contributed by atoms with Crippen molar-refractivity contribution < 1.29 is 14.3 Å². The quantitative estimate of drug-likeness (QED) is 0.561. The van der Waals surface area contributed by atoms with E-state index in [1.54, 1.807) is 0 Å². The van der Waals surface area contributed by atoms with E-state index in [4.69, 9.17) is 9.47 Å². The molecule has 2 rings (SSSR count). The van der Waals surface area contributed by atoms with Gasteiger partial charge in [-0.1, -0.05) is 43.7 Å². The van der Waals surface area contributed by atoms with E-state index in [2.05, 4.69) is 12.2 Å². The van der Waals surface area contributed by atoms with Crippen LogP contribution in [0.3, 0.4) is 0 Å². The van der Waals surface area contributed by atoms with Crippen LogP contribution in [0, 0.1) is 0 Å². The second kappa shape index (κ2) is 7.57. The van der Waals surface area contributed by atoms with Gasteiger partial charge in [0, 0.05) is 12.6 Å². The molecule has 0 radical (unpaired) electrons. The van der Waals surface area contributed by atoms with Crippen LogP contribution in [-0.4, -0.2) is 32.3 Å². The third-order valence-corrected chi connectivity index (χ3v) is 3.79. The summed E-state index contributed by atoms with van der Waals surface area (Å²) in [5, 5.41) is 3.45. The molecular formula is C17H25NO3.